The number of benzene rings is 2. The first kappa shape index (κ1) is 26.7. The highest BCUT2D eigenvalue weighted by Gasteiger charge is 2.22. The molecular weight excluding hydrogens is 498 g/mol. The van der Waals surface area contributed by atoms with Crippen molar-refractivity contribution < 1.29 is 13.6 Å². The van der Waals surface area contributed by atoms with Gasteiger partial charge in [-0.15, -0.1) is 0 Å². The number of amides is 1. The number of anilines is 2. The van der Waals surface area contributed by atoms with Crippen molar-refractivity contribution >= 4 is 23.1 Å². The normalized spacial score (nSPS) is 18.2. The summed E-state index contributed by atoms with van der Waals surface area (Å²) in [5.74, 6) is -1.43. The third-order valence-corrected chi connectivity index (χ3v) is 7.80. The topological polar surface area (TPSA) is 97.3 Å². The van der Waals surface area contributed by atoms with E-state index in [4.69, 9.17) is 5.73 Å². The lowest BCUT2D eigenvalue weighted by Gasteiger charge is -2.27. The van der Waals surface area contributed by atoms with Gasteiger partial charge in [0.05, 0.1) is 11.9 Å². The Morgan fingerprint density at radius 1 is 1.13 bits per heavy atom. The number of carbonyl (C=O) groups is 1. The van der Waals surface area contributed by atoms with Crippen molar-refractivity contribution in [3.05, 3.63) is 77.2 Å². The fourth-order valence-electron chi connectivity index (χ4n) is 5.23. The number of fused-ring (bicyclic) bond motifs is 1. The van der Waals surface area contributed by atoms with E-state index in [9.17, 15) is 9.18 Å². The number of nitrogens with one attached hydrogen (secondary N) is 2. The zero-order valence-corrected chi connectivity index (χ0v) is 22.5. The van der Waals surface area contributed by atoms with Gasteiger partial charge >= 0.3 is 0 Å². The Morgan fingerprint density at radius 2 is 1.90 bits per heavy atom. The number of rotatable bonds is 7. The Hall–Kier alpha value is -3.85. The zero-order chi connectivity index (χ0) is 27.7. The molecular formula is C30H34F2N6O. The van der Waals surface area contributed by atoms with Crippen LogP contribution in [0.4, 0.5) is 20.3 Å². The number of aromatic nitrogens is 3. The molecule has 0 saturated heterocycles. The van der Waals surface area contributed by atoms with Crippen molar-refractivity contribution in [2.45, 2.75) is 70.9 Å². The van der Waals surface area contributed by atoms with Crippen molar-refractivity contribution in [3.8, 4) is 11.3 Å². The molecule has 9 heteroatoms. The van der Waals surface area contributed by atoms with Crippen LogP contribution in [0.15, 0.2) is 48.9 Å². The fraction of sp³-hybridized carbons (Fsp3) is 0.367. The summed E-state index contributed by atoms with van der Waals surface area (Å²) in [5, 5.41) is 6.39. The predicted molar refractivity (Wildman–Crippen MR) is 149 cm³/mol. The minimum absolute atomic E-state index is 0.0807. The summed E-state index contributed by atoms with van der Waals surface area (Å²) >= 11 is 0. The fourth-order valence-corrected chi connectivity index (χ4v) is 5.23. The van der Waals surface area contributed by atoms with Gasteiger partial charge in [0, 0.05) is 41.3 Å². The lowest BCUT2D eigenvalue weighted by Crippen LogP contribution is -2.40. The van der Waals surface area contributed by atoms with Crippen LogP contribution in [-0.4, -0.2) is 32.4 Å². The molecule has 0 aliphatic heterocycles. The van der Waals surface area contributed by atoms with Gasteiger partial charge in [-0.2, -0.15) is 0 Å². The maximum atomic E-state index is 15.1. The van der Waals surface area contributed by atoms with Crippen LogP contribution in [0, 0.1) is 18.6 Å². The van der Waals surface area contributed by atoms with Gasteiger partial charge in [0.25, 0.3) is 5.91 Å². The Labute approximate surface area is 226 Å². The van der Waals surface area contributed by atoms with Crippen LogP contribution in [-0.2, 0) is 0 Å². The van der Waals surface area contributed by atoms with E-state index < -0.39 is 11.6 Å². The molecule has 2 aromatic carbocycles. The lowest BCUT2D eigenvalue weighted by atomic mass is 9.91. The van der Waals surface area contributed by atoms with Crippen LogP contribution in [0.2, 0.25) is 0 Å². The number of imidazole rings is 1. The summed E-state index contributed by atoms with van der Waals surface area (Å²) in [6, 6.07) is 9.10. The quantitative estimate of drug-likeness (QED) is 0.262. The van der Waals surface area contributed by atoms with Crippen molar-refractivity contribution in [1.82, 2.24) is 19.7 Å². The van der Waals surface area contributed by atoms with Crippen LogP contribution in [0.25, 0.3) is 16.9 Å². The summed E-state index contributed by atoms with van der Waals surface area (Å²) in [7, 11) is 0. The van der Waals surface area contributed by atoms with Crippen LogP contribution in [0.3, 0.4) is 0 Å². The molecule has 5 rings (SSSR count). The molecule has 4 aromatic rings. The average molecular weight is 533 g/mol. The molecule has 1 amide bonds. The number of nitrogens with two attached hydrogens (primary N) is 1. The molecule has 7 nitrogen and oxygen atoms in total. The second-order valence-electron chi connectivity index (χ2n) is 10.5. The standard InChI is InChI=1S/C30H34F2N6O/c1-4-17(2)22-11-12-24(27(32)26(22)31)25-16-35-29-28(34-13-14-38(25)29)36-21-9-10-23(18(3)15-21)30(39)37-20-7-5-19(33)6-8-20/h9-17,19-20H,4-8,33H2,1-3H3,(H,34,36)(H,37,39). The molecule has 2 heterocycles. The SMILES string of the molecule is CCC(C)c1ccc(-c2cnc3c(Nc4ccc(C(=O)NC5CCC(N)CC5)c(C)c4)nccn23)c(F)c1F. The summed E-state index contributed by atoms with van der Waals surface area (Å²) in [6.45, 7) is 5.71. The smallest absolute Gasteiger partial charge is 0.251 e. The predicted octanol–water partition coefficient (Wildman–Crippen LogP) is 6.24. The summed E-state index contributed by atoms with van der Waals surface area (Å²) in [4.78, 5) is 21.7. The van der Waals surface area contributed by atoms with E-state index in [-0.39, 0.29) is 29.5 Å². The molecule has 2 aromatic heterocycles. The number of aryl methyl sites for hydroxylation is 1. The van der Waals surface area contributed by atoms with Crippen LogP contribution in [0.1, 0.15) is 73.4 Å². The number of halogens is 2. The highest BCUT2D eigenvalue weighted by molar-refractivity contribution is 5.96. The summed E-state index contributed by atoms with van der Waals surface area (Å²) in [5.41, 5.74) is 9.54. The molecule has 1 unspecified atom stereocenters. The minimum atomic E-state index is -0.888. The summed E-state index contributed by atoms with van der Waals surface area (Å²) in [6.07, 6.45) is 9.11. The van der Waals surface area contributed by atoms with Gasteiger partial charge < -0.3 is 16.4 Å². The number of hydrogen-bond donors (Lipinski definition) is 3. The van der Waals surface area contributed by atoms with E-state index in [0.29, 0.717) is 34.7 Å². The van der Waals surface area contributed by atoms with Crippen LogP contribution >= 0.6 is 0 Å². The maximum absolute atomic E-state index is 15.1. The first-order valence-corrected chi connectivity index (χ1v) is 13.5. The molecule has 4 N–H and O–H groups in total. The Kier molecular flexibility index (Phi) is 7.61. The Balaban J connectivity index is 1.37. The number of nitrogens with zero attached hydrogens (tertiary/aromatic N) is 3. The highest BCUT2D eigenvalue weighted by Crippen LogP contribution is 2.32. The van der Waals surface area contributed by atoms with Crippen molar-refractivity contribution in [3.63, 3.8) is 0 Å². The molecule has 1 atom stereocenters. The third-order valence-electron chi connectivity index (χ3n) is 7.80. The van der Waals surface area contributed by atoms with E-state index in [0.717, 1.165) is 36.9 Å². The van der Waals surface area contributed by atoms with Crippen LogP contribution < -0.4 is 16.4 Å². The molecule has 0 radical (unpaired) electrons. The van der Waals surface area contributed by atoms with Crippen molar-refractivity contribution in [2.24, 2.45) is 5.73 Å². The Morgan fingerprint density at radius 3 is 2.62 bits per heavy atom. The molecule has 1 aliphatic rings. The second-order valence-corrected chi connectivity index (χ2v) is 10.5. The molecule has 39 heavy (non-hydrogen) atoms. The molecule has 0 bridgehead atoms. The summed E-state index contributed by atoms with van der Waals surface area (Å²) < 4.78 is 31.7. The molecule has 204 valence electrons. The molecule has 0 spiro atoms. The van der Waals surface area contributed by atoms with E-state index >= 15 is 4.39 Å². The second kappa shape index (κ2) is 11.1. The van der Waals surface area contributed by atoms with Gasteiger partial charge in [0.2, 0.25) is 0 Å². The van der Waals surface area contributed by atoms with Crippen molar-refractivity contribution in [1.29, 1.82) is 0 Å². The van der Waals surface area contributed by atoms with Gasteiger partial charge in [-0.3, -0.25) is 9.20 Å². The lowest BCUT2D eigenvalue weighted by molar-refractivity contribution is 0.0925. The maximum Gasteiger partial charge on any atom is 0.251 e. The monoisotopic (exact) mass is 532 g/mol. The van der Waals surface area contributed by atoms with E-state index in [1.165, 1.54) is 6.20 Å². The first-order valence-electron chi connectivity index (χ1n) is 13.5. The average Bonchev–Trinajstić information content (AvgIpc) is 3.36. The van der Waals surface area contributed by atoms with Gasteiger partial charge in [0.15, 0.2) is 23.1 Å². The molecule has 1 aliphatic carbocycles. The number of hydrogen-bond acceptors (Lipinski definition) is 5. The van der Waals surface area contributed by atoms with E-state index in [2.05, 4.69) is 20.6 Å². The Bertz CT molecular complexity index is 1510. The van der Waals surface area contributed by atoms with E-state index in [1.54, 1.807) is 35.0 Å². The minimum Gasteiger partial charge on any atom is -0.349 e. The van der Waals surface area contributed by atoms with Crippen molar-refractivity contribution in [2.75, 3.05) is 5.32 Å². The largest absolute Gasteiger partial charge is 0.349 e. The van der Waals surface area contributed by atoms with Gasteiger partial charge in [-0.25, -0.2) is 18.7 Å². The third kappa shape index (κ3) is 5.36. The first-order chi connectivity index (χ1) is 18.8. The van der Waals surface area contributed by atoms with Gasteiger partial charge in [-0.05, 0) is 80.3 Å². The van der Waals surface area contributed by atoms with Crippen LogP contribution in [0.5, 0.6) is 0 Å². The number of carbonyl (C=O) groups excluding carboxylic acids is 1. The molecule has 1 fully saturated rings. The van der Waals surface area contributed by atoms with Gasteiger partial charge in [-0.1, -0.05) is 19.9 Å². The zero-order valence-electron chi connectivity index (χ0n) is 22.5. The highest BCUT2D eigenvalue weighted by atomic mass is 19.2. The van der Waals surface area contributed by atoms with Gasteiger partial charge in [0.1, 0.15) is 0 Å². The van der Waals surface area contributed by atoms with E-state index in [1.807, 2.05) is 32.9 Å². The molecule has 1 saturated carbocycles.